The Morgan fingerprint density at radius 1 is 0.846 bits per heavy atom. The summed E-state index contributed by atoms with van der Waals surface area (Å²) in [6, 6.07) is 10.1. The van der Waals surface area contributed by atoms with E-state index >= 15 is 0 Å². The molecule has 0 heterocycles. The van der Waals surface area contributed by atoms with Gasteiger partial charge >= 0.3 is 0 Å². The van der Waals surface area contributed by atoms with Crippen molar-refractivity contribution in [3.05, 3.63) is 54.1 Å². The number of hydrogen-bond acceptors (Lipinski definition) is 3. The number of halogens is 2. The molecule has 0 aromatic heterocycles. The second-order valence-electron chi connectivity index (χ2n) is 6.60. The first kappa shape index (κ1) is 19.4. The lowest BCUT2D eigenvalue weighted by molar-refractivity contribution is -0.135. The van der Waals surface area contributed by atoms with Crippen LogP contribution in [0.25, 0.3) is 0 Å². The van der Waals surface area contributed by atoms with Crippen molar-refractivity contribution in [2.45, 2.75) is 13.8 Å². The molecule has 7 heteroatoms. The van der Waals surface area contributed by atoms with Crippen LogP contribution in [0.3, 0.4) is 0 Å². The van der Waals surface area contributed by atoms with Gasteiger partial charge in [-0.15, -0.1) is 0 Å². The Morgan fingerprint density at radius 2 is 1.35 bits per heavy atom. The third kappa shape index (κ3) is 4.36. The Morgan fingerprint density at radius 3 is 1.85 bits per heavy atom. The van der Waals surface area contributed by atoms with Crippen LogP contribution >= 0.6 is 0 Å². The van der Waals surface area contributed by atoms with Crippen LogP contribution in [0.2, 0.25) is 0 Å². The molecule has 0 bridgehead atoms. The summed E-state index contributed by atoms with van der Waals surface area (Å²) >= 11 is 0. The molecular weight excluding hydrogens is 340 g/mol. The van der Waals surface area contributed by atoms with E-state index in [-0.39, 0.29) is 5.69 Å². The lowest BCUT2D eigenvalue weighted by Crippen LogP contribution is -2.41. The first-order valence-electron chi connectivity index (χ1n) is 7.96. The SMILES string of the molecule is CN(C)c1ccc(NC(=O)C(C)(C)C(=O)Nc2ccc(F)c(F)c2)cc1. The molecule has 0 saturated carbocycles. The van der Waals surface area contributed by atoms with Crippen molar-refractivity contribution >= 4 is 28.9 Å². The highest BCUT2D eigenvalue weighted by molar-refractivity contribution is 6.14. The first-order valence-corrected chi connectivity index (χ1v) is 7.96. The van der Waals surface area contributed by atoms with Crippen LogP contribution in [0.4, 0.5) is 25.8 Å². The summed E-state index contributed by atoms with van der Waals surface area (Å²) in [7, 11) is 3.80. The summed E-state index contributed by atoms with van der Waals surface area (Å²) in [4.78, 5) is 26.8. The van der Waals surface area contributed by atoms with E-state index in [0.717, 1.165) is 17.8 Å². The lowest BCUT2D eigenvalue weighted by Gasteiger charge is -2.23. The van der Waals surface area contributed by atoms with E-state index in [4.69, 9.17) is 0 Å². The summed E-state index contributed by atoms with van der Waals surface area (Å²) in [5.74, 6) is -3.24. The Bertz CT molecular complexity index is 818. The van der Waals surface area contributed by atoms with Crippen LogP contribution in [0.5, 0.6) is 0 Å². The minimum absolute atomic E-state index is 0.0742. The van der Waals surface area contributed by atoms with Crippen molar-refractivity contribution in [3.63, 3.8) is 0 Å². The minimum Gasteiger partial charge on any atom is -0.378 e. The summed E-state index contributed by atoms with van der Waals surface area (Å²) in [6.45, 7) is 2.90. The summed E-state index contributed by atoms with van der Waals surface area (Å²) < 4.78 is 26.2. The fourth-order valence-electron chi connectivity index (χ4n) is 2.09. The third-order valence-corrected chi connectivity index (χ3v) is 3.95. The monoisotopic (exact) mass is 361 g/mol. The maximum absolute atomic E-state index is 13.3. The van der Waals surface area contributed by atoms with E-state index in [9.17, 15) is 18.4 Å². The molecule has 0 aliphatic rings. The van der Waals surface area contributed by atoms with Gasteiger partial charge in [0.1, 0.15) is 5.41 Å². The maximum atomic E-state index is 13.3. The van der Waals surface area contributed by atoms with Gasteiger partial charge in [-0.25, -0.2) is 8.78 Å². The van der Waals surface area contributed by atoms with Crippen molar-refractivity contribution < 1.29 is 18.4 Å². The molecule has 2 amide bonds. The van der Waals surface area contributed by atoms with Gasteiger partial charge in [0.25, 0.3) is 0 Å². The fourth-order valence-corrected chi connectivity index (χ4v) is 2.09. The van der Waals surface area contributed by atoms with Crippen LogP contribution in [-0.2, 0) is 9.59 Å². The Hall–Kier alpha value is -2.96. The quantitative estimate of drug-likeness (QED) is 0.800. The number of amides is 2. The highest BCUT2D eigenvalue weighted by Crippen LogP contribution is 2.23. The van der Waals surface area contributed by atoms with E-state index in [2.05, 4.69) is 10.6 Å². The zero-order chi connectivity index (χ0) is 19.5. The zero-order valence-corrected chi connectivity index (χ0v) is 15.1. The van der Waals surface area contributed by atoms with Crippen molar-refractivity contribution in [3.8, 4) is 0 Å². The van der Waals surface area contributed by atoms with Crippen molar-refractivity contribution in [1.82, 2.24) is 0 Å². The van der Waals surface area contributed by atoms with Crippen molar-refractivity contribution in [1.29, 1.82) is 0 Å². The van der Waals surface area contributed by atoms with Gasteiger partial charge in [0.05, 0.1) is 0 Å². The average molecular weight is 361 g/mol. The normalized spacial score (nSPS) is 11.0. The van der Waals surface area contributed by atoms with Gasteiger partial charge in [-0.3, -0.25) is 9.59 Å². The average Bonchev–Trinajstić information content (AvgIpc) is 2.58. The number of benzene rings is 2. The molecule has 138 valence electrons. The largest absolute Gasteiger partial charge is 0.378 e. The Balaban J connectivity index is 2.07. The molecule has 0 fully saturated rings. The number of anilines is 3. The second-order valence-corrected chi connectivity index (χ2v) is 6.60. The number of nitrogens with one attached hydrogen (secondary N) is 2. The molecule has 26 heavy (non-hydrogen) atoms. The molecule has 0 aliphatic heterocycles. The molecule has 5 nitrogen and oxygen atoms in total. The fraction of sp³-hybridized carbons (Fsp3) is 0.263. The standard InChI is InChI=1S/C19H21F2N3O2/c1-19(2,18(26)23-13-7-10-15(20)16(21)11-13)17(25)22-12-5-8-14(9-6-12)24(3)4/h5-11H,1-4H3,(H,22,25)(H,23,26). The van der Waals surface area contributed by atoms with E-state index in [1.54, 1.807) is 12.1 Å². The molecule has 0 unspecified atom stereocenters. The number of carbonyl (C=O) groups is 2. The van der Waals surface area contributed by atoms with Crippen LogP contribution in [0.15, 0.2) is 42.5 Å². The van der Waals surface area contributed by atoms with Crippen LogP contribution in [-0.4, -0.2) is 25.9 Å². The first-order chi connectivity index (χ1) is 12.1. The highest BCUT2D eigenvalue weighted by atomic mass is 19.2. The molecule has 2 N–H and O–H groups in total. The van der Waals surface area contributed by atoms with E-state index in [1.165, 1.54) is 19.9 Å². The third-order valence-electron chi connectivity index (χ3n) is 3.95. The van der Waals surface area contributed by atoms with E-state index in [1.807, 2.05) is 31.1 Å². The topological polar surface area (TPSA) is 61.4 Å². The van der Waals surface area contributed by atoms with Gasteiger partial charge < -0.3 is 15.5 Å². The molecule has 0 atom stereocenters. The van der Waals surface area contributed by atoms with Crippen LogP contribution < -0.4 is 15.5 Å². The van der Waals surface area contributed by atoms with Gasteiger partial charge in [0.15, 0.2) is 11.6 Å². The summed E-state index contributed by atoms with van der Waals surface area (Å²) in [5, 5.41) is 5.11. The van der Waals surface area contributed by atoms with Gasteiger partial charge in [-0.05, 0) is 50.2 Å². The molecule has 0 aliphatic carbocycles. The number of rotatable bonds is 5. The summed E-state index contributed by atoms with van der Waals surface area (Å²) in [6.07, 6.45) is 0. The molecule has 2 aromatic rings. The molecular formula is C19H21F2N3O2. The predicted molar refractivity (Wildman–Crippen MR) is 98.2 cm³/mol. The lowest BCUT2D eigenvalue weighted by atomic mass is 9.90. The smallest absolute Gasteiger partial charge is 0.239 e. The summed E-state index contributed by atoms with van der Waals surface area (Å²) in [5.41, 5.74) is 0.170. The molecule has 2 rings (SSSR count). The van der Waals surface area contributed by atoms with Gasteiger partial charge in [0, 0.05) is 37.2 Å². The van der Waals surface area contributed by atoms with E-state index < -0.39 is 28.9 Å². The maximum Gasteiger partial charge on any atom is 0.239 e. The van der Waals surface area contributed by atoms with Crippen molar-refractivity contribution in [2.24, 2.45) is 5.41 Å². The van der Waals surface area contributed by atoms with Gasteiger partial charge in [-0.2, -0.15) is 0 Å². The number of nitrogens with zero attached hydrogens (tertiary/aromatic N) is 1. The van der Waals surface area contributed by atoms with Gasteiger partial charge in [0.2, 0.25) is 11.8 Å². The number of hydrogen-bond donors (Lipinski definition) is 2. The van der Waals surface area contributed by atoms with Crippen molar-refractivity contribution in [2.75, 3.05) is 29.6 Å². The second kappa shape index (κ2) is 7.51. The molecule has 0 spiro atoms. The van der Waals surface area contributed by atoms with Crippen LogP contribution in [0.1, 0.15) is 13.8 Å². The highest BCUT2D eigenvalue weighted by Gasteiger charge is 2.36. The minimum atomic E-state index is -1.43. The molecule has 0 radical (unpaired) electrons. The Kier molecular flexibility index (Phi) is 5.59. The number of carbonyl (C=O) groups excluding carboxylic acids is 2. The zero-order valence-electron chi connectivity index (χ0n) is 15.1. The van der Waals surface area contributed by atoms with Gasteiger partial charge in [-0.1, -0.05) is 0 Å². The molecule has 0 saturated heterocycles. The molecule has 2 aromatic carbocycles. The van der Waals surface area contributed by atoms with Crippen LogP contribution in [0, 0.1) is 17.0 Å². The Labute approximate surface area is 151 Å². The van der Waals surface area contributed by atoms with E-state index in [0.29, 0.717) is 5.69 Å². The predicted octanol–water partition coefficient (Wildman–Crippen LogP) is 3.63.